The highest BCUT2D eigenvalue weighted by atomic mass is 16.6. The molecule has 1 atom stereocenters. The maximum Gasteiger partial charge on any atom is 0.306 e. The first-order valence-corrected chi connectivity index (χ1v) is 28.0. The lowest BCUT2D eigenvalue weighted by Gasteiger charge is -2.18. The third-order valence-corrected chi connectivity index (χ3v) is 12.4. The van der Waals surface area contributed by atoms with E-state index in [0.717, 1.165) is 70.6 Å². The molecule has 374 valence electrons. The molecule has 0 saturated carbocycles. The highest BCUT2D eigenvalue weighted by molar-refractivity contribution is 5.71. The van der Waals surface area contributed by atoms with E-state index in [9.17, 15) is 14.4 Å². The van der Waals surface area contributed by atoms with Crippen molar-refractivity contribution < 1.29 is 28.6 Å². The maximum absolute atomic E-state index is 12.8. The quantitative estimate of drug-likeness (QED) is 0.0262. The van der Waals surface area contributed by atoms with Gasteiger partial charge in [-0.15, -0.1) is 0 Å². The van der Waals surface area contributed by atoms with E-state index < -0.39 is 6.10 Å². The van der Waals surface area contributed by atoms with Crippen molar-refractivity contribution >= 4 is 17.9 Å². The molecular formula is C58H106O6. The molecule has 0 rings (SSSR count). The van der Waals surface area contributed by atoms with Crippen molar-refractivity contribution in [3.8, 4) is 0 Å². The fourth-order valence-electron chi connectivity index (χ4n) is 8.12. The molecule has 0 aliphatic carbocycles. The summed E-state index contributed by atoms with van der Waals surface area (Å²) in [7, 11) is 0. The van der Waals surface area contributed by atoms with Crippen molar-refractivity contribution in [1.82, 2.24) is 0 Å². The van der Waals surface area contributed by atoms with Gasteiger partial charge in [0, 0.05) is 19.3 Å². The summed E-state index contributed by atoms with van der Waals surface area (Å²) in [5.41, 5.74) is 0. The molecule has 0 saturated heterocycles. The Hall–Kier alpha value is -2.37. The summed E-state index contributed by atoms with van der Waals surface area (Å²) < 4.78 is 16.8. The van der Waals surface area contributed by atoms with Gasteiger partial charge >= 0.3 is 17.9 Å². The Labute approximate surface area is 397 Å². The lowest BCUT2D eigenvalue weighted by Crippen LogP contribution is -2.30. The van der Waals surface area contributed by atoms with E-state index in [1.54, 1.807) is 0 Å². The fourth-order valence-corrected chi connectivity index (χ4v) is 8.12. The zero-order valence-corrected chi connectivity index (χ0v) is 42.8. The van der Waals surface area contributed by atoms with Crippen LogP contribution in [0.15, 0.2) is 36.5 Å². The third kappa shape index (κ3) is 50.6. The van der Waals surface area contributed by atoms with Gasteiger partial charge in [0.2, 0.25) is 0 Å². The van der Waals surface area contributed by atoms with Crippen molar-refractivity contribution in [3.63, 3.8) is 0 Å². The van der Waals surface area contributed by atoms with Gasteiger partial charge in [-0.05, 0) is 77.0 Å². The molecule has 1 unspecified atom stereocenters. The van der Waals surface area contributed by atoms with Crippen molar-refractivity contribution in [2.75, 3.05) is 13.2 Å². The molecule has 0 aromatic heterocycles. The standard InChI is InChI=1S/C58H106O6/c1-4-7-10-13-16-19-22-24-26-28-30-32-34-36-39-42-45-48-51-57(60)63-54-55(53-62-56(59)50-47-44-41-38-21-18-15-12-9-6-3)64-58(61)52-49-46-43-40-37-35-33-31-29-27-25-23-20-17-14-11-8-5-2/h19,22,26-29,55H,4-18,20-21,23-25,30-54H2,1-3H3/b22-19-,28-26-,29-27-. The molecule has 0 amide bonds. The minimum atomic E-state index is -0.774. The number of rotatable bonds is 51. The van der Waals surface area contributed by atoms with Crippen LogP contribution in [0, 0.1) is 0 Å². The summed E-state index contributed by atoms with van der Waals surface area (Å²) >= 11 is 0. The minimum absolute atomic E-state index is 0.0735. The second-order valence-corrected chi connectivity index (χ2v) is 18.8. The Morgan fingerprint density at radius 1 is 0.312 bits per heavy atom. The van der Waals surface area contributed by atoms with Gasteiger partial charge in [0.25, 0.3) is 0 Å². The SMILES string of the molecule is CCCCCC/C=C\C/C=C\CCCCCCCCCC(=O)OCC(COC(=O)CCCCCCCCCCCC)OC(=O)CCCCCCCCC/C=C\CCCCCCCCC. The summed E-state index contributed by atoms with van der Waals surface area (Å²) in [6.45, 7) is 6.63. The smallest absolute Gasteiger partial charge is 0.306 e. The summed E-state index contributed by atoms with van der Waals surface area (Å²) in [4.78, 5) is 38.0. The second-order valence-electron chi connectivity index (χ2n) is 18.8. The van der Waals surface area contributed by atoms with Gasteiger partial charge < -0.3 is 14.2 Å². The van der Waals surface area contributed by atoms with E-state index in [1.807, 2.05) is 0 Å². The van der Waals surface area contributed by atoms with Crippen LogP contribution in [0.4, 0.5) is 0 Å². The lowest BCUT2D eigenvalue weighted by molar-refractivity contribution is -0.167. The minimum Gasteiger partial charge on any atom is -0.462 e. The van der Waals surface area contributed by atoms with Crippen LogP contribution in [0.5, 0.6) is 0 Å². The van der Waals surface area contributed by atoms with Gasteiger partial charge in [-0.3, -0.25) is 14.4 Å². The normalized spacial score (nSPS) is 12.2. The van der Waals surface area contributed by atoms with E-state index >= 15 is 0 Å². The largest absolute Gasteiger partial charge is 0.462 e. The predicted molar refractivity (Wildman–Crippen MR) is 275 cm³/mol. The highest BCUT2D eigenvalue weighted by Gasteiger charge is 2.19. The highest BCUT2D eigenvalue weighted by Crippen LogP contribution is 2.15. The number of ether oxygens (including phenoxy) is 3. The first-order chi connectivity index (χ1) is 31.5. The molecule has 0 radical (unpaired) electrons. The fraction of sp³-hybridized carbons (Fsp3) is 0.845. The maximum atomic E-state index is 12.8. The first kappa shape index (κ1) is 61.6. The summed E-state index contributed by atoms with van der Waals surface area (Å²) in [5, 5.41) is 0. The van der Waals surface area contributed by atoms with Gasteiger partial charge in [-0.2, -0.15) is 0 Å². The van der Waals surface area contributed by atoms with E-state index in [1.165, 1.54) is 186 Å². The molecule has 6 nitrogen and oxygen atoms in total. The Kier molecular flexibility index (Phi) is 51.3. The van der Waals surface area contributed by atoms with Crippen LogP contribution in [-0.4, -0.2) is 37.2 Å². The zero-order valence-electron chi connectivity index (χ0n) is 42.8. The van der Waals surface area contributed by atoms with Gasteiger partial charge in [0.1, 0.15) is 13.2 Å². The first-order valence-electron chi connectivity index (χ1n) is 28.0. The van der Waals surface area contributed by atoms with Crippen molar-refractivity contribution in [1.29, 1.82) is 0 Å². The van der Waals surface area contributed by atoms with Crippen molar-refractivity contribution in [2.45, 2.75) is 303 Å². The summed E-state index contributed by atoms with van der Waals surface area (Å²) in [6.07, 6.45) is 62.7. The van der Waals surface area contributed by atoms with Crippen LogP contribution < -0.4 is 0 Å². The lowest BCUT2D eigenvalue weighted by atomic mass is 10.1. The number of hydrogen-bond acceptors (Lipinski definition) is 6. The van der Waals surface area contributed by atoms with E-state index in [4.69, 9.17) is 14.2 Å². The van der Waals surface area contributed by atoms with E-state index in [2.05, 4.69) is 57.2 Å². The molecule has 64 heavy (non-hydrogen) atoms. The predicted octanol–water partition coefficient (Wildman–Crippen LogP) is 18.5. The monoisotopic (exact) mass is 899 g/mol. The van der Waals surface area contributed by atoms with E-state index in [0.29, 0.717) is 19.3 Å². The molecule has 0 spiro atoms. The zero-order chi connectivity index (χ0) is 46.5. The Morgan fingerprint density at radius 2 is 0.562 bits per heavy atom. The van der Waals surface area contributed by atoms with Crippen LogP contribution in [0.25, 0.3) is 0 Å². The summed E-state index contributed by atoms with van der Waals surface area (Å²) in [5.74, 6) is -0.874. The summed E-state index contributed by atoms with van der Waals surface area (Å²) in [6, 6.07) is 0. The number of carbonyl (C=O) groups is 3. The number of hydrogen-bond donors (Lipinski definition) is 0. The topological polar surface area (TPSA) is 78.9 Å². The molecule has 0 bridgehead atoms. The average molecular weight is 899 g/mol. The average Bonchev–Trinajstić information content (AvgIpc) is 3.29. The van der Waals surface area contributed by atoms with Crippen molar-refractivity contribution in [2.24, 2.45) is 0 Å². The van der Waals surface area contributed by atoms with Crippen LogP contribution in [0.2, 0.25) is 0 Å². The third-order valence-electron chi connectivity index (χ3n) is 12.4. The molecule has 0 heterocycles. The Morgan fingerprint density at radius 3 is 0.891 bits per heavy atom. The van der Waals surface area contributed by atoms with E-state index in [-0.39, 0.29) is 31.1 Å². The molecule has 6 heteroatoms. The number of carbonyl (C=O) groups excluding carboxylic acids is 3. The molecule has 0 N–H and O–H groups in total. The van der Waals surface area contributed by atoms with Crippen molar-refractivity contribution in [3.05, 3.63) is 36.5 Å². The molecule has 0 aliphatic heterocycles. The van der Waals surface area contributed by atoms with Crippen LogP contribution in [-0.2, 0) is 28.6 Å². The molecule has 0 aliphatic rings. The Balaban J connectivity index is 4.31. The van der Waals surface area contributed by atoms with Gasteiger partial charge in [0.05, 0.1) is 0 Å². The molecule has 0 fully saturated rings. The van der Waals surface area contributed by atoms with Gasteiger partial charge in [-0.25, -0.2) is 0 Å². The Bertz CT molecular complexity index is 1080. The molecular weight excluding hydrogens is 793 g/mol. The molecule has 0 aromatic rings. The number of esters is 3. The van der Waals surface area contributed by atoms with Crippen LogP contribution in [0.3, 0.4) is 0 Å². The van der Waals surface area contributed by atoms with Gasteiger partial charge in [-0.1, -0.05) is 237 Å². The number of allylic oxidation sites excluding steroid dienone is 6. The number of unbranched alkanes of at least 4 members (excludes halogenated alkanes) is 34. The van der Waals surface area contributed by atoms with Gasteiger partial charge in [0.15, 0.2) is 6.10 Å². The second kappa shape index (κ2) is 53.2. The molecule has 0 aromatic carbocycles. The van der Waals surface area contributed by atoms with Crippen LogP contribution >= 0.6 is 0 Å². The van der Waals surface area contributed by atoms with Crippen LogP contribution in [0.1, 0.15) is 297 Å².